The zero-order chi connectivity index (χ0) is 15.1. The van der Waals surface area contributed by atoms with Crippen LogP contribution in [0.4, 0.5) is 10.1 Å². The van der Waals surface area contributed by atoms with Crippen LogP contribution < -0.4 is 5.32 Å². The SMILES string of the molecule is N#Cc1ccc(NCC(CCO)c2ccccc2)c(F)c1. The number of rotatable bonds is 6. The summed E-state index contributed by atoms with van der Waals surface area (Å²) in [4.78, 5) is 0. The highest BCUT2D eigenvalue weighted by atomic mass is 19.1. The molecule has 0 aliphatic carbocycles. The van der Waals surface area contributed by atoms with Crippen molar-refractivity contribution in [1.82, 2.24) is 0 Å². The lowest BCUT2D eigenvalue weighted by molar-refractivity contribution is 0.277. The number of nitrogens with one attached hydrogen (secondary N) is 1. The number of nitrogens with zero attached hydrogens (tertiary/aromatic N) is 1. The molecule has 0 saturated heterocycles. The van der Waals surface area contributed by atoms with Gasteiger partial charge in [-0.2, -0.15) is 5.26 Å². The molecule has 0 amide bonds. The monoisotopic (exact) mass is 284 g/mol. The number of aliphatic hydroxyl groups is 1. The first-order chi connectivity index (χ1) is 10.2. The molecule has 0 aliphatic rings. The Morgan fingerprint density at radius 3 is 2.57 bits per heavy atom. The Labute approximate surface area is 123 Å². The van der Waals surface area contributed by atoms with Gasteiger partial charge in [0.05, 0.1) is 17.3 Å². The number of hydrogen-bond acceptors (Lipinski definition) is 3. The molecule has 1 atom stereocenters. The van der Waals surface area contributed by atoms with Crippen LogP contribution in [0.5, 0.6) is 0 Å². The van der Waals surface area contributed by atoms with Gasteiger partial charge in [-0.25, -0.2) is 4.39 Å². The maximum Gasteiger partial charge on any atom is 0.147 e. The average molecular weight is 284 g/mol. The largest absolute Gasteiger partial charge is 0.396 e. The first-order valence-electron chi connectivity index (χ1n) is 6.84. The van der Waals surface area contributed by atoms with Gasteiger partial charge in [0.25, 0.3) is 0 Å². The van der Waals surface area contributed by atoms with Gasteiger partial charge in [0.2, 0.25) is 0 Å². The van der Waals surface area contributed by atoms with Gasteiger partial charge in [-0.3, -0.25) is 0 Å². The third kappa shape index (κ3) is 4.04. The highest BCUT2D eigenvalue weighted by Gasteiger charge is 2.12. The normalized spacial score (nSPS) is 11.7. The molecular formula is C17H17FN2O. The van der Waals surface area contributed by atoms with Gasteiger partial charge in [-0.05, 0) is 30.2 Å². The molecule has 0 spiro atoms. The van der Waals surface area contributed by atoms with Crippen molar-refractivity contribution in [2.24, 2.45) is 0 Å². The van der Waals surface area contributed by atoms with Crippen molar-refractivity contribution in [1.29, 1.82) is 5.26 Å². The van der Waals surface area contributed by atoms with Gasteiger partial charge in [0, 0.05) is 19.1 Å². The van der Waals surface area contributed by atoms with Crippen LogP contribution in [0.1, 0.15) is 23.5 Å². The molecular weight excluding hydrogens is 267 g/mol. The van der Waals surface area contributed by atoms with Crippen LogP contribution in [0.3, 0.4) is 0 Å². The smallest absolute Gasteiger partial charge is 0.147 e. The molecule has 2 aromatic rings. The number of aliphatic hydroxyl groups excluding tert-OH is 1. The van der Waals surface area contributed by atoms with Gasteiger partial charge in [0.1, 0.15) is 5.82 Å². The first kappa shape index (κ1) is 15.0. The van der Waals surface area contributed by atoms with E-state index in [9.17, 15) is 9.50 Å². The van der Waals surface area contributed by atoms with Crippen molar-refractivity contribution in [3.63, 3.8) is 0 Å². The van der Waals surface area contributed by atoms with E-state index in [-0.39, 0.29) is 12.5 Å². The minimum absolute atomic E-state index is 0.0804. The average Bonchev–Trinajstić information content (AvgIpc) is 2.53. The van der Waals surface area contributed by atoms with E-state index in [0.717, 1.165) is 5.56 Å². The van der Waals surface area contributed by atoms with Crippen LogP contribution in [0, 0.1) is 17.1 Å². The number of halogens is 1. The van der Waals surface area contributed by atoms with Crippen molar-refractivity contribution >= 4 is 5.69 Å². The Hall–Kier alpha value is -2.38. The molecule has 0 aliphatic heterocycles. The molecule has 0 radical (unpaired) electrons. The van der Waals surface area contributed by atoms with Crippen molar-refractivity contribution in [2.75, 3.05) is 18.5 Å². The van der Waals surface area contributed by atoms with Crippen molar-refractivity contribution in [2.45, 2.75) is 12.3 Å². The second kappa shape index (κ2) is 7.41. The minimum Gasteiger partial charge on any atom is -0.396 e. The van der Waals surface area contributed by atoms with Crippen molar-refractivity contribution < 1.29 is 9.50 Å². The lowest BCUT2D eigenvalue weighted by Gasteiger charge is -2.18. The zero-order valence-corrected chi connectivity index (χ0v) is 11.6. The molecule has 0 saturated carbocycles. The number of benzene rings is 2. The summed E-state index contributed by atoms with van der Waals surface area (Å²) in [5.41, 5.74) is 1.77. The second-order valence-corrected chi connectivity index (χ2v) is 4.81. The minimum atomic E-state index is -0.440. The molecule has 0 aromatic heterocycles. The summed E-state index contributed by atoms with van der Waals surface area (Å²) in [5, 5.41) is 21.0. The third-order valence-electron chi connectivity index (χ3n) is 3.39. The molecule has 2 N–H and O–H groups in total. The van der Waals surface area contributed by atoms with Crippen molar-refractivity contribution in [3.05, 3.63) is 65.5 Å². The molecule has 4 heteroatoms. The van der Waals surface area contributed by atoms with E-state index in [2.05, 4.69) is 5.32 Å². The fourth-order valence-corrected chi connectivity index (χ4v) is 2.23. The van der Waals surface area contributed by atoms with E-state index in [1.54, 1.807) is 12.1 Å². The van der Waals surface area contributed by atoms with Gasteiger partial charge >= 0.3 is 0 Å². The lowest BCUT2D eigenvalue weighted by Crippen LogP contribution is -2.15. The van der Waals surface area contributed by atoms with Crippen LogP contribution in [0.15, 0.2) is 48.5 Å². The summed E-state index contributed by atoms with van der Waals surface area (Å²) < 4.78 is 13.8. The Morgan fingerprint density at radius 1 is 1.19 bits per heavy atom. The Kier molecular flexibility index (Phi) is 5.30. The molecule has 2 aromatic carbocycles. The number of nitriles is 1. The maximum absolute atomic E-state index is 13.8. The third-order valence-corrected chi connectivity index (χ3v) is 3.39. The molecule has 0 fully saturated rings. The predicted molar refractivity (Wildman–Crippen MR) is 80.5 cm³/mol. The maximum atomic E-state index is 13.8. The molecule has 21 heavy (non-hydrogen) atoms. The molecule has 3 nitrogen and oxygen atoms in total. The summed E-state index contributed by atoms with van der Waals surface area (Å²) >= 11 is 0. The fourth-order valence-electron chi connectivity index (χ4n) is 2.23. The van der Waals surface area contributed by atoms with Crippen LogP contribution in [0.2, 0.25) is 0 Å². The molecule has 2 rings (SSSR count). The van der Waals surface area contributed by atoms with Gasteiger partial charge in [-0.1, -0.05) is 30.3 Å². The molecule has 108 valence electrons. The summed E-state index contributed by atoms with van der Waals surface area (Å²) in [6.07, 6.45) is 0.606. The second-order valence-electron chi connectivity index (χ2n) is 4.81. The topological polar surface area (TPSA) is 56.0 Å². The molecule has 0 heterocycles. The zero-order valence-electron chi connectivity index (χ0n) is 11.6. The highest BCUT2D eigenvalue weighted by Crippen LogP contribution is 2.22. The molecule has 0 bridgehead atoms. The summed E-state index contributed by atoms with van der Waals surface area (Å²) in [6.45, 7) is 0.602. The highest BCUT2D eigenvalue weighted by molar-refractivity contribution is 5.49. The van der Waals surface area contributed by atoms with E-state index in [4.69, 9.17) is 5.26 Å². The summed E-state index contributed by atoms with van der Waals surface area (Å²) in [5.74, 6) is -0.337. The lowest BCUT2D eigenvalue weighted by atomic mass is 9.96. The Morgan fingerprint density at radius 2 is 1.95 bits per heavy atom. The van der Waals surface area contributed by atoms with Gasteiger partial charge in [0.15, 0.2) is 0 Å². The van der Waals surface area contributed by atoms with Gasteiger partial charge in [-0.15, -0.1) is 0 Å². The van der Waals surface area contributed by atoms with Crippen LogP contribution >= 0.6 is 0 Å². The Balaban J connectivity index is 2.07. The summed E-state index contributed by atoms with van der Waals surface area (Å²) in [7, 11) is 0. The van der Waals surface area contributed by atoms with E-state index in [1.165, 1.54) is 6.07 Å². The van der Waals surface area contributed by atoms with E-state index in [1.807, 2.05) is 36.4 Å². The standard InChI is InChI=1S/C17H17FN2O/c18-16-10-13(11-19)6-7-17(16)20-12-15(8-9-21)14-4-2-1-3-5-14/h1-7,10,15,20-21H,8-9,12H2. The van der Waals surface area contributed by atoms with Crippen LogP contribution in [-0.2, 0) is 0 Å². The molecule has 1 unspecified atom stereocenters. The fraction of sp³-hybridized carbons (Fsp3) is 0.235. The number of anilines is 1. The van der Waals surface area contributed by atoms with E-state index >= 15 is 0 Å². The van der Waals surface area contributed by atoms with Crippen LogP contribution in [0.25, 0.3) is 0 Å². The summed E-state index contributed by atoms with van der Waals surface area (Å²) in [6, 6.07) is 16.1. The number of hydrogen-bond donors (Lipinski definition) is 2. The van der Waals surface area contributed by atoms with E-state index in [0.29, 0.717) is 24.2 Å². The quantitative estimate of drug-likeness (QED) is 0.856. The predicted octanol–water partition coefficient (Wildman–Crippen LogP) is 3.28. The van der Waals surface area contributed by atoms with Crippen LogP contribution in [-0.4, -0.2) is 18.3 Å². The van der Waals surface area contributed by atoms with E-state index < -0.39 is 5.82 Å². The first-order valence-corrected chi connectivity index (χ1v) is 6.84. The van der Waals surface area contributed by atoms with Gasteiger partial charge < -0.3 is 10.4 Å². The Bertz CT molecular complexity index is 622. The van der Waals surface area contributed by atoms with Crippen molar-refractivity contribution in [3.8, 4) is 6.07 Å².